The van der Waals surface area contributed by atoms with Crippen LogP contribution in [0, 0.1) is 39.4 Å². The molecule has 0 spiro atoms. The lowest BCUT2D eigenvalue weighted by molar-refractivity contribution is 0.562. The highest BCUT2D eigenvalue weighted by molar-refractivity contribution is 6.09. The normalized spacial score (nSPS) is 15.0. The van der Waals surface area contributed by atoms with Gasteiger partial charge >= 0.3 is 0 Å². The fraction of sp³-hybridized carbons (Fsp3) is 0.0652. The summed E-state index contributed by atoms with van der Waals surface area (Å²) in [6, 6.07) is 52.8. The maximum atomic E-state index is 10.3. The van der Waals surface area contributed by atoms with E-state index in [1.165, 1.54) is 10.8 Å². The summed E-state index contributed by atoms with van der Waals surface area (Å²) in [7, 11) is 0. The second-order valence-electron chi connectivity index (χ2n) is 13.4. The van der Waals surface area contributed by atoms with Crippen molar-refractivity contribution in [1.82, 2.24) is 9.13 Å². The van der Waals surface area contributed by atoms with Crippen LogP contribution in [0.1, 0.15) is 29.3 Å². The molecule has 0 saturated heterocycles. The first-order chi connectivity index (χ1) is 25.0. The minimum absolute atomic E-state index is 0.539. The summed E-state index contributed by atoms with van der Waals surface area (Å²) < 4.78 is 4.47. The van der Waals surface area contributed by atoms with Gasteiger partial charge in [-0.2, -0.15) is 15.8 Å². The van der Waals surface area contributed by atoms with Crippen LogP contribution in [-0.4, -0.2) is 9.13 Å². The molecule has 6 aromatic carbocycles. The maximum Gasteiger partial charge on any atom is 0.101 e. The van der Waals surface area contributed by atoms with Crippen molar-refractivity contribution >= 4 is 38.8 Å². The van der Waals surface area contributed by atoms with Crippen LogP contribution in [-0.2, 0) is 6.42 Å². The van der Waals surface area contributed by atoms with Crippen molar-refractivity contribution in [3.63, 3.8) is 0 Å². The fourth-order valence-corrected chi connectivity index (χ4v) is 7.81. The third-order valence-corrected chi connectivity index (χ3v) is 10.2. The molecule has 0 N–H and O–H groups in total. The molecular formula is C46H29N5. The molecule has 1 aliphatic rings. The monoisotopic (exact) mass is 651 g/mol. The van der Waals surface area contributed by atoms with Gasteiger partial charge in [-0.1, -0.05) is 84.9 Å². The lowest BCUT2D eigenvalue weighted by Gasteiger charge is -2.23. The number of para-hydroxylation sites is 3. The smallest absolute Gasteiger partial charge is 0.101 e. The Morgan fingerprint density at radius 2 is 1.27 bits per heavy atom. The van der Waals surface area contributed by atoms with E-state index in [2.05, 4.69) is 124 Å². The third-order valence-electron chi connectivity index (χ3n) is 10.2. The summed E-state index contributed by atoms with van der Waals surface area (Å²) in [5.41, 5.74) is 11.5. The van der Waals surface area contributed by atoms with Gasteiger partial charge in [0, 0.05) is 33.1 Å². The van der Waals surface area contributed by atoms with E-state index in [-0.39, 0.29) is 0 Å². The van der Waals surface area contributed by atoms with Crippen molar-refractivity contribution in [3.8, 4) is 51.8 Å². The summed E-state index contributed by atoms with van der Waals surface area (Å²) in [6.45, 7) is 1.94. The van der Waals surface area contributed by atoms with Gasteiger partial charge in [-0.3, -0.25) is 0 Å². The Hall–Kier alpha value is -7.13. The molecule has 238 valence electrons. The van der Waals surface area contributed by atoms with Gasteiger partial charge in [0.15, 0.2) is 0 Å². The molecule has 8 aromatic rings. The zero-order valence-corrected chi connectivity index (χ0v) is 27.8. The Labute approximate surface area is 295 Å². The van der Waals surface area contributed by atoms with Crippen molar-refractivity contribution in [3.05, 3.63) is 162 Å². The SMILES string of the molecule is CC1(C#N)C=Cc2c(c3cccc(C#N)c3n2-c2ccc(C#N)cc2-c2cccc(-c3cccc(-n4c5ccccc5c5ccccc54)c3)c2)C1. The van der Waals surface area contributed by atoms with Crippen molar-refractivity contribution in [2.45, 2.75) is 13.3 Å². The van der Waals surface area contributed by atoms with Gasteiger partial charge in [-0.15, -0.1) is 0 Å². The second kappa shape index (κ2) is 11.5. The third kappa shape index (κ3) is 4.67. The van der Waals surface area contributed by atoms with Crippen LogP contribution >= 0.6 is 0 Å². The average molecular weight is 652 g/mol. The van der Waals surface area contributed by atoms with Crippen LogP contribution < -0.4 is 0 Å². The molecule has 0 bridgehead atoms. The number of hydrogen-bond donors (Lipinski definition) is 0. The molecule has 2 heterocycles. The van der Waals surface area contributed by atoms with Crippen LogP contribution in [0.15, 0.2) is 140 Å². The lowest BCUT2D eigenvalue weighted by Crippen LogP contribution is -2.18. The van der Waals surface area contributed by atoms with Gasteiger partial charge in [0.1, 0.15) is 6.07 Å². The molecule has 5 heteroatoms. The fourth-order valence-electron chi connectivity index (χ4n) is 7.81. The average Bonchev–Trinajstić information content (AvgIpc) is 3.70. The van der Waals surface area contributed by atoms with Crippen LogP contribution in [0.2, 0.25) is 0 Å². The van der Waals surface area contributed by atoms with Crippen LogP contribution in [0.4, 0.5) is 0 Å². The molecule has 2 aromatic heterocycles. The van der Waals surface area contributed by atoms with E-state index in [0.717, 1.165) is 66.8 Å². The van der Waals surface area contributed by atoms with Crippen LogP contribution in [0.25, 0.3) is 72.4 Å². The van der Waals surface area contributed by atoms with Crippen molar-refractivity contribution in [2.24, 2.45) is 5.41 Å². The summed E-state index contributed by atoms with van der Waals surface area (Å²) in [5.74, 6) is 0. The Morgan fingerprint density at radius 3 is 2.00 bits per heavy atom. The first kappa shape index (κ1) is 30.0. The standard InChI is InChI=1S/C46H29N5/c1-46(29-49)22-21-44-40(26-46)38-16-8-12-34(28-48)45(38)51(44)43-20-19-30(27-47)23-39(43)33-11-6-9-31(24-33)32-10-7-13-35(25-32)50-41-17-4-2-14-36(41)37-15-3-5-18-42(37)50/h2-25H,26H2,1H3. The minimum atomic E-state index is -0.648. The molecular weight excluding hydrogens is 623 g/mol. The van der Waals surface area contributed by atoms with Crippen LogP contribution in [0.3, 0.4) is 0 Å². The van der Waals surface area contributed by atoms with Crippen molar-refractivity contribution in [2.75, 3.05) is 0 Å². The Kier molecular flexibility index (Phi) is 6.75. The van der Waals surface area contributed by atoms with Crippen molar-refractivity contribution < 1.29 is 0 Å². The Bertz CT molecular complexity index is 2840. The highest BCUT2D eigenvalue weighted by Gasteiger charge is 2.31. The molecule has 0 saturated carbocycles. The number of fused-ring (bicyclic) bond motifs is 6. The van der Waals surface area contributed by atoms with Crippen LogP contribution in [0.5, 0.6) is 0 Å². The predicted molar refractivity (Wildman–Crippen MR) is 204 cm³/mol. The number of nitriles is 3. The van der Waals surface area contributed by atoms with Crippen molar-refractivity contribution in [1.29, 1.82) is 15.8 Å². The zero-order chi connectivity index (χ0) is 34.7. The van der Waals surface area contributed by atoms with Gasteiger partial charge in [0.2, 0.25) is 0 Å². The summed E-state index contributed by atoms with van der Waals surface area (Å²) in [6.07, 6.45) is 4.52. The van der Waals surface area contributed by atoms with E-state index in [1.807, 2.05) is 55.5 Å². The van der Waals surface area contributed by atoms with E-state index in [9.17, 15) is 15.8 Å². The van der Waals surface area contributed by atoms with E-state index in [1.54, 1.807) is 0 Å². The number of allylic oxidation sites excluding steroid dienone is 1. The molecule has 5 nitrogen and oxygen atoms in total. The number of aromatic nitrogens is 2. The largest absolute Gasteiger partial charge is 0.309 e. The van der Waals surface area contributed by atoms with E-state index in [0.29, 0.717) is 17.5 Å². The quantitative estimate of drug-likeness (QED) is 0.190. The Morgan fingerprint density at radius 1 is 0.608 bits per heavy atom. The number of hydrogen-bond acceptors (Lipinski definition) is 3. The molecule has 1 atom stereocenters. The summed E-state index contributed by atoms with van der Waals surface area (Å²) in [4.78, 5) is 0. The number of benzene rings is 6. The highest BCUT2D eigenvalue weighted by atomic mass is 15.0. The molecule has 1 unspecified atom stereocenters. The zero-order valence-electron chi connectivity index (χ0n) is 27.8. The Balaban J connectivity index is 1.23. The molecule has 51 heavy (non-hydrogen) atoms. The second-order valence-corrected chi connectivity index (χ2v) is 13.4. The predicted octanol–water partition coefficient (Wildman–Crippen LogP) is 10.9. The maximum absolute atomic E-state index is 10.3. The van der Waals surface area contributed by atoms with Gasteiger partial charge in [0.05, 0.1) is 50.9 Å². The van der Waals surface area contributed by atoms with Gasteiger partial charge in [-0.05, 0) is 96.3 Å². The molecule has 9 rings (SSSR count). The topological polar surface area (TPSA) is 81.2 Å². The highest BCUT2D eigenvalue weighted by Crippen LogP contribution is 2.43. The summed E-state index contributed by atoms with van der Waals surface area (Å²) in [5, 5.41) is 33.7. The van der Waals surface area contributed by atoms with E-state index >= 15 is 0 Å². The first-order valence-corrected chi connectivity index (χ1v) is 16.9. The van der Waals surface area contributed by atoms with Gasteiger partial charge in [-0.25, -0.2) is 0 Å². The lowest BCUT2D eigenvalue weighted by atomic mass is 9.80. The molecule has 1 aliphatic carbocycles. The van der Waals surface area contributed by atoms with E-state index in [4.69, 9.17) is 0 Å². The first-order valence-electron chi connectivity index (χ1n) is 16.9. The molecule has 0 amide bonds. The van der Waals surface area contributed by atoms with Gasteiger partial charge in [0.25, 0.3) is 0 Å². The molecule has 0 aliphatic heterocycles. The summed E-state index contributed by atoms with van der Waals surface area (Å²) >= 11 is 0. The molecule has 0 radical (unpaired) electrons. The molecule has 0 fully saturated rings. The van der Waals surface area contributed by atoms with E-state index < -0.39 is 5.41 Å². The number of rotatable bonds is 4. The van der Waals surface area contributed by atoms with Gasteiger partial charge < -0.3 is 9.13 Å². The number of nitrogens with zero attached hydrogens (tertiary/aromatic N) is 5. The minimum Gasteiger partial charge on any atom is -0.309 e.